The van der Waals surface area contributed by atoms with Crippen LogP contribution in [0.4, 0.5) is 0 Å². The van der Waals surface area contributed by atoms with Gasteiger partial charge in [-0.2, -0.15) is 0 Å². The Kier molecular flexibility index (Phi) is 44.4. The fourth-order valence-corrected chi connectivity index (χ4v) is 2.11. The van der Waals surface area contributed by atoms with Gasteiger partial charge in [0.2, 0.25) is 5.91 Å². The Morgan fingerprint density at radius 2 is 1.15 bits per heavy atom. The van der Waals surface area contributed by atoms with Crippen LogP contribution in [-0.4, -0.2) is 29.3 Å². The molecular weight excluding hydrogens is 340 g/mol. The Balaban J connectivity index is -0.000000331. The van der Waals surface area contributed by atoms with Crippen LogP contribution in [0.25, 0.3) is 0 Å². The van der Waals surface area contributed by atoms with Gasteiger partial charge in [-0.1, -0.05) is 63.3 Å². The van der Waals surface area contributed by atoms with E-state index in [0.29, 0.717) is 6.42 Å². The molecule has 0 atom stereocenters. The Bertz CT molecular complexity index is 304. The van der Waals surface area contributed by atoms with Gasteiger partial charge in [0.05, 0.1) is 0 Å². The molecule has 164 valence electrons. The van der Waals surface area contributed by atoms with E-state index >= 15 is 0 Å². The summed E-state index contributed by atoms with van der Waals surface area (Å²) < 4.78 is 0. The van der Waals surface area contributed by atoms with Gasteiger partial charge < -0.3 is 22.1 Å². The van der Waals surface area contributed by atoms with Gasteiger partial charge in [-0.3, -0.25) is 4.79 Å². The Morgan fingerprint density at radius 3 is 1.59 bits per heavy atom. The average molecular weight is 389 g/mol. The molecule has 0 rings (SSSR count). The van der Waals surface area contributed by atoms with Crippen molar-refractivity contribution in [2.75, 3.05) is 13.2 Å². The van der Waals surface area contributed by atoms with E-state index in [4.69, 9.17) is 15.9 Å². The summed E-state index contributed by atoms with van der Waals surface area (Å²) in [5.74, 6) is -0.171. The van der Waals surface area contributed by atoms with Crippen molar-refractivity contribution in [1.82, 2.24) is 6.15 Å². The molecule has 0 aromatic heterocycles. The molecule has 1 amide bonds. The highest BCUT2D eigenvalue weighted by Gasteiger charge is 1.94. The van der Waals surface area contributed by atoms with E-state index in [2.05, 4.69) is 31.2 Å². The number of unbranched alkanes of at least 4 members (excludes halogenated alkanes) is 8. The van der Waals surface area contributed by atoms with Crippen molar-refractivity contribution < 1.29 is 15.0 Å². The normalized spacial score (nSPS) is 9.96. The molecule has 0 aromatic rings. The van der Waals surface area contributed by atoms with Crippen molar-refractivity contribution >= 4 is 5.91 Å². The quantitative estimate of drug-likeness (QED) is 0.234. The second-order valence-corrected chi connectivity index (χ2v) is 6.08. The van der Waals surface area contributed by atoms with Crippen molar-refractivity contribution in [1.29, 1.82) is 0 Å². The Labute approximate surface area is 168 Å². The summed E-state index contributed by atoms with van der Waals surface area (Å²) in [6.07, 6.45) is 23.0. The Hall–Kier alpha value is -1.17. The maximum atomic E-state index is 10.5. The highest BCUT2D eigenvalue weighted by molar-refractivity contribution is 5.73. The van der Waals surface area contributed by atoms with Gasteiger partial charge in [-0.25, -0.2) is 0 Å². The lowest BCUT2D eigenvalue weighted by molar-refractivity contribution is -0.118. The van der Waals surface area contributed by atoms with Crippen molar-refractivity contribution in [2.24, 2.45) is 5.73 Å². The van der Waals surface area contributed by atoms with Gasteiger partial charge in [-0.05, 0) is 52.4 Å². The number of carbonyl (C=O) groups is 1. The van der Waals surface area contributed by atoms with E-state index in [9.17, 15) is 4.79 Å². The van der Waals surface area contributed by atoms with E-state index in [1.165, 1.54) is 51.4 Å². The highest BCUT2D eigenvalue weighted by atomic mass is 16.3. The molecular formula is C22H48N2O3. The zero-order valence-electron chi connectivity index (χ0n) is 18.3. The van der Waals surface area contributed by atoms with Crippen molar-refractivity contribution in [3.05, 3.63) is 24.3 Å². The largest absolute Gasteiger partial charge is 0.397 e. The van der Waals surface area contributed by atoms with Gasteiger partial charge in [0.25, 0.3) is 0 Å². The molecule has 0 aromatic carbocycles. The van der Waals surface area contributed by atoms with Crippen molar-refractivity contribution in [3.8, 4) is 0 Å². The predicted molar refractivity (Wildman–Crippen MR) is 119 cm³/mol. The van der Waals surface area contributed by atoms with Crippen LogP contribution in [0.5, 0.6) is 0 Å². The minimum atomic E-state index is -0.171. The summed E-state index contributed by atoms with van der Waals surface area (Å²) in [7, 11) is 0. The number of amides is 1. The van der Waals surface area contributed by atoms with E-state index in [-0.39, 0.29) is 25.3 Å². The van der Waals surface area contributed by atoms with Crippen LogP contribution < -0.4 is 11.9 Å². The second kappa shape index (κ2) is 35.9. The van der Waals surface area contributed by atoms with Crippen LogP contribution in [0.1, 0.15) is 97.8 Å². The SMILES string of the molecule is CCCCC/C=C\C/C=C\CCCCCCCC(N)=O.CCO.CCO.N. The van der Waals surface area contributed by atoms with E-state index in [0.717, 1.165) is 19.3 Å². The first-order valence-corrected chi connectivity index (χ1v) is 10.4. The molecule has 0 unspecified atom stereocenters. The molecule has 0 spiro atoms. The fourth-order valence-electron chi connectivity index (χ4n) is 2.11. The zero-order chi connectivity index (χ0) is 20.3. The maximum Gasteiger partial charge on any atom is 0.217 e. The number of hydrogen-bond donors (Lipinski definition) is 4. The number of nitrogens with two attached hydrogens (primary N) is 1. The fraction of sp³-hybridized carbons (Fsp3) is 0.773. The summed E-state index contributed by atoms with van der Waals surface area (Å²) in [5.41, 5.74) is 5.09. The number of allylic oxidation sites excluding steroid dienone is 4. The maximum absolute atomic E-state index is 10.5. The smallest absolute Gasteiger partial charge is 0.217 e. The molecule has 7 N–H and O–H groups in total. The number of aliphatic hydroxyl groups is 2. The first-order chi connectivity index (χ1) is 12.6. The topological polar surface area (TPSA) is 119 Å². The number of primary amides is 1. The molecule has 0 radical (unpaired) electrons. The molecule has 0 saturated carbocycles. The lowest BCUT2D eigenvalue weighted by Crippen LogP contribution is -2.09. The van der Waals surface area contributed by atoms with Crippen molar-refractivity contribution in [3.63, 3.8) is 0 Å². The summed E-state index contributed by atoms with van der Waals surface area (Å²) in [6.45, 7) is 6.10. The third-order valence-electron chi connectivity index (χ3n) is 3.37. The second-order valence-electron chi connectivity index (χ2n) is 6.08. The summed E-state index contributed by atoms with van der Waals surface area (Å²) in [6, 6.07) is 0. The van der Waals surface area contributed by atoms with Crippen LogP contribution in [0.3, 0.4) is 0 Å². The average Bonchev–Trinajstić information content (AvgIpc) is 2.59. The molecule has 0 heterocycles. The number of hydrogen-bond acceptors (Lipinski definition) is 4. The molecule has 0 aliphatic rings. The molecule has 27 heavy (non-hydrogen) atoms. The van der Waals surface area contributed by atoms with Gasteiger partial charge in [0.15, 0.2) is 0 Å². The van der Waals surface area contributed by atoms with Gasteiger partial charge in [0, 0.05) is 19.6 Å². The number of carbonyl (C=O) groups excluding carboxylic acids is 1. The van der Waals surface area contributed by atoms with Gasteiger partial charge in [0.1, 0.15) is 0 Å². The number of aliphatic hydroxyl groups excluding tert-OH is 2. The predicted octanol–water partition coefficient (Wildman–Crippen LogP) is 5.44. The Morgan fingerprint density at radius 1 is 0.741 bits per heavy atom. The van der Waals surface area contributed by atoms with E-state index in [1.807, 2.05) is 0 Å². The van der Waals surface area contributed by atoms with Crippen LogP contribution in [0, 0.1) is 0 Å². The molecule has 0 aliphatic carbocycles. The van der Waals surface area contributed by atoms with Gasteiger partial charge >= 0.3 is 0 Å². The number of rotatable bonds is 14. The molecule has 0 saturated heterocycles. The first-order valence-electron chi connectivity index (χ1n) is 10.4. The van der Waals surface area contributed by atoms with E-state index < -0.39 is 0 Å². The van der Waals surface area contributed by atoms with Crippen LogP contribution in [-0.2, 0) is 4.79 Å². The monoisotopic (exact) mass is 388 g/mol. The third-order valence-corrected chi connectivity index (χ3v) is 3.37. The highest BCUT2D eigenvalue weighted by Crippen LogP contribution is 2.07. The minimum Gasteiger partial charge on any atom is -0.397 e. The molecule has 0 aliphatic heterocycles. The van der Waals surface area contributed by atoms with Crippen LogP contribution in [0.2, 0.25) is 0 Å². The minimum absolute atomic E-state index is 0. The molecule has 0 bridgehead atoms. The van der Waals surface area contributed by atoms with Crippen LogP contribution in [0.15, 0.2) is 24.3 Å². The zero-order valence-corrected chi connectivity index (χ0v) is 18.3. The first kappa shape index (κ1) is 33.4. The standard InChI is InChI=1S/C18H33NO.2C2H6O.H3N/c1-2-3-4-5-6-7-8-9-10-11-12-13-14-15-16-17-18(19)20;2*1-2-3;/h6-7,9-10H,2-5,8,11-17H2,1H3,(H2,19,20);2*3H,2H2,1H3;1H3/b7-6-,10-9-;;;. The molecule has 5 nitrogen and oxygen atoms in total. The van der Waals surface area contributed by atoms with Gasteiger partial charge in [-0.15, -0.1) is 0 Å². The van der Waals surface area contributed by atoms with Crippen molar-refractivity contribution in [2.45, 2.75) is 97.8 Å². The summed E-state index contributed by atoms with van der Waals surface area (Å²) in [4.78, 5) is 10.5. The van der Waals surface area contributed by atoms with E-state index in [1.54, 1.807) is 13.8 Å². The lowest BCUT2D eigenvalue weighted by atomic mass is 10.1. The third kappa shape index (κ3) is 51.6. The lowest BCUT2D eigenvalue weighted by Gasteiger charge is -1.98. The van der Waals surface area contributed by atoms with Crippen LogP contribution >= 0.6 is 0 Å². The summed E-state index contributed by atoms with van der Waals surface area (Å²) in [5, 5.41) is 15.1. The molecule has 0 fully saturated rings. The molecule has 5 heteroatoms. The summed E-state index contributed by atoms with van der Waals surface area (Å²) >= 11 is 0.